The first kappa shape index (κ1) is 20.8. The molecule has 1 fully saturated rings. The van der Waals surface area contributed by atoms with Crippen LogP contribution in [0.3, 0.4) is 0 Å². The van der Waals surface area contributed by atoms with Crippen molar-refractivity contribution in [1.29, 1.82) is 0 Å². The molecule has 0 N–H and O–H groups in total. The Bertz CT molecular complexity index is 450. The first-order valence-corrected chi connectivity index (χ1v) is 9.71. The van der Waals surface area contributed by atoms with E-state index in [-0.39, 0.29) is 34.8 Å². The molecule has 0 bridgehead atoms. The number of allylic oxidation sites excluding steroid dienone is 2. The largest absolute Gasteiger partial charge is 0.461 e. The van der Waals surface area contributed by atoms with E-state index >= 15 is 0 Å². The SMILES string of the molecule is C#CC=CCC(Cl)C1CC(Cl)C(OC(C)=O)C(CBr)C(CC)O1. The van der Waals surface area contributed by atoms with Crippen LogP contribution in [0, 0.1) is 18.3 Å². The van der Waals surface area contributed by atoms with E-state index in [1.54, 1.807) is 6.08 Å². The summed E-state index contributed by atoms with van der Waals surface area (Å²) in [4.78, 5) is 11.4. The van der Waals surface area contributed by atoms with E-state index in [0.717, 1.165) is 6.42 Å². The Labute approximate surface area is 157 Å². The van der Waals surface area contributed by atoms with Crippen LogP contribution in [-0.2, 0) is 14.3 Å². The summed E-state index contributed by atoms with van der Waals surface area (Å²) >= 11 is 16.5. The summed E-state index contributed by atoms with van der Waals surface area (Å²) in [5.41, 5.74) is 0. The summed E-state index contributed by atoms with van der Waals surface area (Å²) in [7, 11) is 0. The van der Waals surface area contributed by atoms with E-state index in [0.29, 0.717) is 18.2 Å². The van der Waals surface area contributed by atoms with Crippen molar-refractivity contribution >= 4 is 45.1 Å². The minimum Gasteiger partial charge on any atom is -0.461 e. The Hall–Kier alpha value is -0.210. The Balaban J connectivity index is 2.93. The van der Waals surface area contributed by atoms with Gasteiger partial charge >= 0.3 is 5.97 Å². The number of terminal acetylenes is 1. The fraction of sp³-hybridized carbons (Fsp3) is 0.706. The van der Waals surface area contributed by atoms with Crippen LogP contribution < -0.4 is 0 Å². The first-order chi connectivity index (χ1) is 10.9. The molecule has 0 aromatic heterocycles. The number of carbonyl (C=O) groups is 1. The van der Waals surface area contributed by atoms with Gasteiger partial charge in [-0.3, -0.25) is 4.79 Å². The van der Waals surface area contributed by atoms with E-state index in [1.165, 1.54) is 6.92 Å². The molecule has 1 aliphatic heterocycles. The summed E-state index contributed by atoms with van der Waals surface area (Å²) in [5, 5.41) is 0.0615. The fourth-order valence-electron chi connectivity index (χ4n) is 2.81. The van der Waals surface area contributed by atoms with E-state index in [2.05, 4.69) is 21.9 Å². The standard InChI is InChI=1S/C17H23BrCl2O3/c1-4-6-7-8-13(19)16-9-14(20)17(22-11(3)21)12(10-18)15(5-2)23-16/h1,6-7,12-17H,5,8-10H2,2-3H3. The fourth-order valence-corrected chi connectivity index (χ4v) is 4.27. The summed E-state index contributed by atoms with van der Waals surface area (Å²) in [5.74, 6) is 2.10. The van der Waals surface area contributed by atoms with Crippen LogP contribution in [0.4, 0.5) is 0 Å². The molecule has 0 aromatic rings. The highest BCUT2D eigenvalue weighted by Gasteiger charge is 2.42. The molecule has 0 aromatic carbocycles. The number of rotatable bonds is 6. The molecule has 3 nitrogen and oxygen atoms in total. The van der Waals surface area contributed by atoms with Crippen molar-refractivity contribution in [2.75, 3.05) is 5.33 Å². The van der Waals surface area contributed by atoms with Crippen LogP contribution in [0.5, 0.6) is 0 Å². The van der Waals surface area contributed by atoms with Gasteiger partial charge in [0.05, 0.1) is 23.0 Å². The van der Waals surface area contributed by atoms with Crippen molar-refractivity contribution in [3.05, 3.63) is 12.2 Å². The van der Waals surface area contributed by atoms with Gasteiger partial charge in [0, 0.05) is 18.2 Å². The lowest BCUT2D eigenvalue weighted by Gasteiger charge is -2.30. The van der Waals surface area contributed by atoms with Gasteiger partial charge < -0.3 is 9.47 Å². The number of alkyl halides is 3. The molecule has 1 aliphatic rings. The highest BCUT2D eigenvalue weighted by atomic mass is 79.9. The van der Waals surface area contributed by atoms with Crippen molar-refractivity contribution in [1.82, 2.24) is 0 Å². The third kappa shape index (κ3) is 6.31. The third-order valence-corrected chi connectivity index (χ3v) is 5.56. The third-order valence-electron chi connectivity index (χ3n) is 3.92. The molecule has 0 saturated carbocycles. The van der Waals surface area contributed by atoms with Crippen LogP contribution in [-0.4, -0.2) is 40.4 Å². The van der Waals surface area contributed by atoms with Gasteiger partial charge in [0.1, 0.15) is 6.10 Å². The molecule has 6 unspecified atom stereocenters. The lowest BCUT2D eigenvalue weighted by Crippen LogP contribution is -2.40. The zero-order chi connectivity index (χ0) is 17.4. The molecule has 1 rings (SSSR count). The Morgan fingerprint density at radius 1 is 1.61 bits per heavy atom. The van der Waals surface area contributed by atoms with E-state index in [4.69, 9.17) is 39.1 Å². The van der Waals surface area contributed by atoms with Crippen LogP contribution >= 0.6 is 39.1 Å². The molecule has 6 atom stereocenters. The molecule has 6 heteroatoms. The number of ether oxygens (including phenoxy) is 2. The highest BCUT2D eigenvalue weighted by molar-refractivity contribution is 9.09. The number of hydrogen-bond donors (Lipinski definition) is 0. The second-order valence-electron chi connectivity index (χ2n) is 5.59. The molecule has 1 saturated heterocycles. The quantitative estimate of drug-likeness (QED) is 0.361. The molecule has 23 heavy (non-hydrogen) atoms. The van der Waals surface area contributed by atoms with Crippen molar-refractivity contribution in [3.8, 4) is 12.3 Å². The summed E-state index contributed by atoms with van der Waals surface area (Å²) in [6.07, 6.45) is 9.91. The van der Waals surface area contributed by atoms with E-state index in [1.807, 2.05) is 13.0 Å². The second-order valence-corrected chi connectivity index (χ2v) is 7.35. The van der Waals surface area contributed by atoms with E-state index < -0.39 is 6.10 Å². The predicted octanol–water partition coefficient (Wildman–Crippen LogP) is 4.29. The van der Waals surface area contributed by atoms with Crippen LogP contribution in [0.25, 0.3) is 0 Å². The van der Waals surface area contributed by atoms with Gasteiger partial charge in [-0.05, 0) is 25.3 Å². The molecular weight excluding hydrogens is 403 g/mol. The summed E-state index contributed by atoms with van der Waals surface area (Å²) in [6, 6.07) is 0. The van der Waals surface area contributed by atoms with Crippen LogP contribution in [0.15, 0.2) is 12.2 Å². The summed E-state index contributed by atoms with van der Waals surface area (Å²) < 4.78 is 11.7. The van der Waals surface area contributed by atoms with Crippen molar-refractivity contribution in [2.24, 2.45) is 5.92 Å². The Morgan fingerprint density at radius 3 is 2.83 bits per heavy atom. The van der Waals surface area contributed by atoms with Gasteiger partial charge in [-0.15, -0.1) is 29.6 Å². The van der Waals surface area contributed by atoms with E-state index in [9.17, 15) is 4.79 Å². The van der Waals surface area contributed by atoms with Crippen molar-refractivity contribution in [2.45, 2.75) is 62.2 Å². The van der Waals surface area contributed by atoms with Gasteiger partial charge in [0.2, 0.25) is 0 Å². The molecule has 0 spiro atoms. The molecule has 0 radical (unpaired) electrons. The minimum atomic E-state index is -0.395. The maximum atomic E-state index is 11.4. The number of carbonyl (C=O) groups excluding carboxylic acids is 1. The van der Waals surface area contributed by atoms with Gasteiger partial charge in [0.25, 0.3) is 0 Å². The van der Waals surface area contributed by atoms with Crippen molar-refractivity contribution in [3.63, 3.8) is 0 Å². The highest BCUT2D eigenvalue weighted by Crippen LogP contribution is 2.35. The van der Waals surface area contributed by atoms with Gasteiger partial charge in [-0.25, -0.2) is 0 Å². The average Bonchev–Trinajstić information content (AvgIpc) is 2.64. The van der Waals surface area contributed by atoms with Gasteiger partial charge in [0.15, 0.2) is 0 Å². The lowest BCUT2D eigenvalue weighted by molar-refractivity contribution is -0.150. The van der Waals surface area contributed by atoms with Crippen LogP contribution in [0.1, 0.15) is 33.1 Å². The van der Waals surface area contributed by atoms with Crippen molar-refractivity contribution < 1.29 is 14.3 Å². The van der Waals surface area contributed by atoms with Crippen LogP contribution in [0.2, 0.25) is 0 Å². The number of hydrogen-bond acceptors (Lipinski definition) is 3. The number of esters is 1. The topological polar surface area (TPSA) is 35.5 Å². The monoisotopic (exact) mass is 424 g/mol. The Kier molecular flexibility index (Phi) is 9.61. The maximum Gasteiger partial charge on any atom is 0.302 e. The zero-order valence-corrected chi connectivity index (χ0v) is 16.5. The number of halogens is 3. The summed E-state index contributed by atoms with van der Waals surface area (Å²) in [6.45, 7) is 3.44. The van der Waals surface area contributed by atoms with Gasteiger partial charge in [-0.2, -0.15) is 0 Å². The molecule has 1 heterocycles. The molecular formula is C17H23BrCl2O3. The molecule has 130 valence electrons. The smallest absolute Gasteiger partial charge is 0.302 e. The minimum absolute atomic E-state index is 0.0125. The maximum absolute atomic E-state index is 11.4. The molecule has 0 amide bonds. The lowest BCUT2D eigenvalue weighted by atomic mass is 9.93. The predicted molar refractivity (Wildman–Crippen MR) is 98.3 cm³/mol. The average molecular weight is 426 g/mol. The second kappa shape index (κ2) is 10.6. The molecule has 0 aliphatic carbocycles. The normalized spacial score (nSPS) is 33.0. The first-order valence-electron chi connectivity index (χ1n) is 7.72. The zero-order valence-electron chi connectivity index (χ0n) is 13.4. The van der Waals surface area contributed by atoms with Gasteiger partial charge in [-0.1, -0.05) is 34.9 Å². The Morgan fingerprint density at radius 2 is 2.30 bits per heavy atom.